The number of nitrogen functional groups attached to an aromatic ring is 1. The largest absolute Gasteiger partial charge is 0.462 e. The third-order valence-corrected chi connectivity index (χ3v) is 7.35. The van der Waals surface area contributed by atoms with Crippen molar-refractivity contribution in [2.75, 3.05) is 38.7 Å². The third-order valence-electron chi connectivity index (χ3n) is 7.35. The lowest BCUT2D eigenvalue weighted by molar-refractivity contribution is 0.0404. The second-order valence-corrected chi connectivity index (χ2v) is 9.82. The van der Waals surface area contributed by atoms with Crippen LogP contribution in [0.4, 0.5) is 5.69 Å². The van der Waals surface area contributed by atoms with Crippen LogP contribution in [0.15, 0.2) is 84.9 Å². The number of aryl methyl sites for hydroxylation is 1. The number of benzene rings is 2. The number of fused-ring (bicyclic) bond motifs is 1. The van der Waals surface area contributed by atoms with Crippen LogP contribution in [0.3, 0.4) is 0 Å². The summed E-state index contributed by atoms with van der Waals surface area (Å²) in [4.78, 5) is 22.1. The molecule has 2 aliphatic rings. The maximum Gasteiger partial charge on any atom is 0.270 e. The Kier molecular flexibility index (Phi) is 6.81. The van der Waals surface area contributed by atoms with E-state index >= 15 is 0 Å². The molecule has 0 radical (unpaired) electrons. The smallest absolute Gasteiger partial charge is 0.270 e. The average molecular weight is 526 g/mol. The first-order valence-corrected chi connectivity index (χ1v) is 13.1. The van der Waals surface area contributed by atoms with Crippen LogP contribution >= 0.6 is 0 Å². The molecule has 1 amide bonds. The molecule has 4 heterocycles. The van der Waals surface area contributed by atoms with Gasteiger partial charge in [-0.05, 0) is 42.3 Å². The van der Waals surface area contributed by atoms with Crippen LogP contribution in [0.5, 0.6) is 11.6 Å². The molecule has 1 fully saturated rings. The molecule has 2 aromatic carbocycles. The zero-order valence-electron chi connectivity index (χ0n) is 21.8. The molecule has 0 spiro atoms. The van der Waals surface area contributed by atoms with Crippen molar-refractivity contribution in [2.24, 2.45) is 7.05 Å². The molecule has 1 atom stereocenters. The van der Waals surface area contributed by atoms with Crippen LogP contribution in [0.1, 0.15) is 16.1 Å². The average Bonchev–Trinajstić information content (AvgIpc) is 3.62. The van der Waals surface area contributed by atoms with Crippen molar-refractivity contribution < 1.29 is 19.0 Å². The lowest BCUT2D eigenvalue weighted by atomic mass is 10.0. The van der Waals surface area contributed by atoms with Gasteiger partial charge in [0.2, 0.25) is 12.7 Å². The summed E-state index contributed by atoms with van der Waals surface area (Å²) in [5.41, 5.74) is 9.14. The van der Waals surface area contributed by atoms with Crippen LogP contribution in [-0.2, 0) is 22.9 Å². The highest BCUT2D eigenvalue weighted by Gasteiger charge is 2.32. The number of nitrogens with zero attached hydrogens (tertiary/aromatic N) is 4. The maximum atomic E-state index is 13.6. The highest BCUT2D eigenvalue weighted by molar-refractivity contribution is 5.99. The molecule has 6 rings (SSSR count). The van der Waals surface area contributed by atoms with E-state index in [4.69, 9.17) is 19.9 Å². The lowest BCUT2D eigenvalue weighted by Gasteiger charge is -2.39. The summed E-state index contributed by atoms with van der Waals surface area (Å²) >= 11 is 0. The number of amides is 1. The number of ether oxygens (including phenoxy) is 3. The summed E-state index contributed by atoms with van der Waals surface area (Å²) in [6.07, 6.45) is 4.10. The number of carbonyl (C=O) groups is 1. The minimum atomic E-state index is 0.0234. The molecule has 2 aromatic heterocycles. The van der Waals surface area contributed by atoms with E-state index in [-0.39, 0.29) is 18.7 Å². The van der Waals surface area contributed by atoms with E-state index in [0.29, 0.717) is 36.1 Å². The molecule has 9 heteroatoms. The first kappa shape index (κ1) is 24.8. The predicted molar refractivity (Wildman–Crippen MR) is 148 cm³/mol. The van der Waals surface area contributed by atoms with Crippen molar-refractivity contribution in [3.05, 3.63) is 96.2 Å². The fourth-order valence-corrected chi connectivity index (χ4v) is 5.24. The molecule has 4 aromatic rings. The van der Waals surface area contributed by atoms with Gasteiger partial charge in [0.15, 0.2) is 5.76 Å². The molecule has 0 bridgehead atoms. The first-order chi connectivity index (χ1) is 19.0. The van der Waals surface area contributed by atoms with E-state index in [1.807, 2.05) is 46.8 Å². The van der Waals surface area contributed by atoms with E-state index in [9.17, 15) is 4.79 Å². The lowest BCUT2D eigenvalue weighted by Crippen LogP contribution is -2.53. The highest BCUT2D eigenvalue weighted by atomic mass is 16.7. The number of nitrogens with two attached hydrogens (primary N) is 1. The zero-order chi connectivity index (χ0) is 26.8. The van der Waals surface area contributed by atoms with E-state index in [2.05, 4.69) is 34.1 Å². The van der Waals surface area contributed by atoms with Gasteiger partial charge >= 0.3 is 0 Å². The molecule has 1 saturated heterocycles. The first-order valence-electron chi connectivity index (χ1n) is 13.1. The van der Waals surface area contributed by atoms with Crippen molar-refractivity contribution in [1.29, 1.82) is 0 Å². The summed E-state index contributed by atoms with van der Waals surface area (Å²) in [5, 5.41) is 0.931. The van der Waals surface area contributed by atoms with Crippen LogP contribution in [0, 0.1) is 0 Å². The van der Waals surface area contributed by atoms with Crippen molar-refractivity contribution >= 4 is 22.5 Å². The summed E-state index contributed by atoms with van der Waals surface area (Å²) in [6.45, 7) is 3.03. The molecule has 1 unspecified atom stereocenters. The second kappa shape index (κ2) is 10.7. The topological polar surface area (TPSA) is 95.1 Å². The van der Waals surface area contributed by atoms with Gasteiger partial charge in [-0.2, -0.15) is 0 Å². The van der Waals surface area contributed by atoms with Gasteiger partial charge in [0, 0.05) is 50.2 Å². The minimum Gasteiger partial charge on any atom is -0.462 e. The molecule has 200 valence electrons. The van der Waals surface area contributed by atoms with Crippen molar-refractivity contribution in [3.63, 3.8) is 0 Å². The Bertz CT molecular complexity index is 1490. The Balaban J connectivity index is 1.15. The van der Waals surface area contributed by atoms with E-state index in [1.165, 1.54) is 5.56 Å². The molecule has 0 aliphatic carbocycles. The number of hydrogen-bond donors (Lipinski definition) is 1. The van der Waals surface area contributed by atoms with Crippen molar-refractivity contribution in [1.82, 2.24) is 19.4 Å². The molecule has 2 N–H and O–H groups in total. The number of hydrogen-bond acceptors (Lipinski definition) is 7. The normalized spacial score (nSPS) is 16.4. The summed E-state index contributed by atoms with van der Waals surface area (Å²) in [7, 11) is 1.92. The summed E-state index contributed by atoms with van der Waals surface area (Å²) in [5.74, 6) is 1.98. The monoisotopic (exact) mass is 525 g/mol. The quantitative estimate of drug-likeness (QED) is 0.387. The predicted octanol–water partition coefficient (Wildman–Crippen LogP) is 4.16. The number of rotatable bonds is 7. The van der Waals surface area contributed by atoms with E-state index in [1.54, 1.807) is 24.6 Å². The number of anilines is 1. The second-order valence-electron chi connectivity index (χ2n) is 9.82. The Labute approximate surface area is 227 Å². The van der Waals surface area contributed by atoms with Gasteiger partial charge in [-0.15, -0.1) is 0 Å². The molecule has 9 nitrogen and oxygen atoms in total. The SMILES string of the molecule is Cn1c(C(=O)N2CCN(C(Cc3ccccc3)C3=COCO3)CC2)cc2cc(Oc3ccc(N)cn3)ccc21. The van der Waals surface area contributed by atoms with Crippen LogP contribution < -0.4 is 10.5 Å². The fourth-order valence-electron chi connectivity index (χ4n) is 5.24. The molecule has 0 saturated carbocycles. The molecular formula is C30H31N5O4. The highest BCUT2D eigenvalue weighted by Crippen LogP contribution is 2.28. The third kappa shape index (κ3) is 5.26. The van der Waals surface area contributed by atoms with Gasteiger partial charge in [-0.25, -0.2) is 4.98 Å². The van der Waals surface area contributed by atoms with Crippen LogP contribution in [0.2, 0.25) is 0 Å². The Morgan fingerprint density at radius 3 is 2.59 bits per heavy atom. The summed E-state index contributed by atoms with van der Waals surface area (Å²) < 4.78 is 19.0. The van der Waals surface area contributed by atoms with Gasteiger partial charge in [0.05, 0.1) is 17.9 Å². The van der Waals surface area contributed by atoms with E-state index < -0.39 is 0 Å². The Hall–Kier alpha value is -4.50. The van der Waals surface area contributed by atoms with E-state index in [0.717, 1.165) is 36.2 Å². The zero-order valence-corrected chi connectivity index (χ0v) is 21.8. The standard InChI is InChI=1S/C30H31N5O4/c1-33-25-9-8-24(39-29-10-7-23(31)18-32-29)16-22(25)17-27(33)30(36)35-13-11-34(12-14-35)26(28-19-37-20-38-28)15-21-5-3-2-4-6-21/h2-10,16-19,26H,11-15,20,31H2,1H3. The molecule has 2 aliphatic heterocycles. The number of pyridine rings is 1. The van der Waals surface area contributed by atoms with Crippen LogP contribution in [-0.4, -0.2) is 64.3 Å². The van der Waals surface area contributed by atoms with Gasteiger partial charge in [0.25, 0.3) is 5.91 Å². The van der Waals surface area contributed by atoms with Crippen molar-refractivity contribution in [2.45, 2.75) is 12.5 Å². The number of piperazine rings is 1. The van der Waals surface area contributed by atoms with Crippen LogP contribution in [0.25, 0.3) is 10.9 Å². The van der Waals surface area contributed by atoms with Gasteiger partial charge in [-0.1, -0.05) is 30.3 Å². The van der Waals surface area contributed by atoms with Gasteiger partial charge in [0.1, 0.15) is 17.7 Å². The fraction of sp³-hybridized carbons (Fsp3) is 0.267. The number of carbonyl (C=O) groups excluding carboxylic acids is 1. The molecule has 39 heavy (non-hydrogen) atoms. The summed E-state index contributed by atoms with van der Waals surface area (Å²) in [6, 6.07) is 21.6. The Morgan fingerprint density at radius 1 is 1.05 bits per heavy atom. The number of aromatic nitrogens is 2. The minimum absolute atomic E-state index is 0.0234. The van der Waals surface area contributed by atoms with Gasteiger partial charge in [-0.3, -0.25) is 9.69 Å². The van der Waals surface area contributed by atoms with Gasteiger partial charge < -0.3 is 29.4 Å². The van der Waals surface area contributed by atoms with Crippen molar-refractivity contribution in [3.8, 4) is 11.6 Å². The molecular weight excluding hydrogens is 494 g/mol. The maximum absolute atomic E-state index is 13.6. The Morgan fingerprint density at radius 2 is 1.87 bits per heavy atom.